The summed E-state index contributed by atoms with van der Waals surface area (Å²) in [4.78, 5) is 12.4. The van der Waals surface area contributed by atoms with Crippen molar-refractivity contribution in [2.75, 3.05) is 33.4 Å². The summed E-state index contributed by atoms with van der Waals surface area (Å²) in [5, 5.41) is 5.66. The standard InChI is InChI=1S/C23H33N3O5S/c1-5-26(6-2)32(28,29)22-14-8-19(9-15-22)18(3)25-23(27)24-16-7-17-31-21-12-10-20(30-4)11-13-21/h8-15,18H,5-7,16-17H2,1-4H3,(H2,24,25,27). The van der Waals surface area contributed by atoms with Crippen LogP contribution in [-0.2, 0) is 10.0 Å². The van der Waals surface area contributed by atoms with Crippen molar-refractivity contribution in [3.63, 3.8) is 0 Å². The molecule has 0 aliphatic heterocycles. The zero-order chi connectivity index (χ0) is 23.6. The van der Waals surface area contributed by atoms with Crippen LogP contribution in [-0.4, -0.2) is 52.1 Å². The van der Waals surface area contributed by atoms with Crippen LogP contribution in [0.15, 0.2) is 53.4 Å². The first-order valence-electron chi connectivity index (χ1n) is 10.7. The Morgan fingerprint density at radius 1 is 1.00 bits per heavy atom. The summed E-state index contributed by atoms with van der Waals surface area (Å²) in [6.45, 7) is 7.25. The summed E-state index contributed by atoms with van der Waals surface area (Å²) in [7, 11) is -1.88. The van der Waals surface area contributed by atoms with E-state index in [1.807, 2.05) is 45.0 Å². The summed E-state index contributed by atoms with van der Waals surface area (Å²) in [6.07, 6.45) is 0.658. The highest BCUT2D eigenvalue weighted by atomic mass is 32.2. The number of ether oxygens (including phenoxy) is 2. The minimum atomic E-state index is -3.49. The molecule has 0 aliphatic carbocycles. The molecule has 2 aromatic carbocycles. The predicted molar refractivity (Wildman–Crippen MR) is 125 cm³/mol. The van der Waals surface area contributed by atoms with Crippen molar-refractivity contribution in [3.8, 4) is 11.5 Å². The first-order valence-corrected chi connectivity index (χ1v) is 12.2. The van der Waals surface area contributed by atoms with Gasteiger partial charge in [0.1, 0.15) is 11.5 Å². The fraction of sp³-hybridized carbons (Fsp3) is 0.435. The van der Waals surface area contributed by atoms with Gasteiger partial charge in [0.2, 0.25) is 10.0 Å². The third-order valence-electron chi connectivity index (χ3n) is 5.01. The largest absolute Gasteiger partial charge is 0.497 e. The Hall–Kier alpha value is -2.78. The lowest BCUT2D eigenvalue weighted by molar-refractivity contribution is 0.236. The molecule has 2 amide bonds. The number of carbonyl (C=O) groups is 1. The average Bonchev–Trinajstić information content (AvgIpc) is 2.80. The van der Waals surface area contributed by atoms with Crippen molar-refractivity contribution in [2.45, 2.75) is 38.1 Å². The van der Waals surface area contributed by atoms with E-state index < -0.39 is 10.0 Å². The molecule has 1 atom stereocenters. The summed E-state index contributed by atoms with van der Waals surface area (Å²) in [5.74, 6) is 1.51. The number of nitrogens with one attached hydrogen (secondary N) is 2. The number of hydrogen-bond acceptors (Lipinski definition) is 5. The Morgan fingerprint density at radius 2 is 1.59 bits per heavy atom. The Kier molecular flexibility index (Phi) is 9.80. The summed E-state index contributed by atoms with van der Waals surface area (Å²) in [5.41, 5.74) is 0.821. The molecule has 0 heterocycles. The lowest BCUT2D eigenvalue weighted by Gasteiger charge is -2.19. The van der Waals surface area contributed by atoms with Crippen LogP contribution in [0.1, 0.15) is 38.8 Å². The maximum absolute atomic E-state index is 12.6. The molecule has 2 aromatic rings. The van der Waals surface area contributed by atoms with Crippen molar-refractivity contribution in [1.82, 2.24) is 14.9 Å². The van der Waals surface area contributed by atoms with Crippen LogP contribution in [0.25, 0.3) is 0 Å². The number of methoxy groups -OCH3 is 1. The zero-order valence-corrected chi connectivity index (χ0v) is 19.9. The monoisotopic (exact) mass is 463 g/mol. The summed E-state index contributed by atoms with van der Waals surface area (Å²) < 4.78 is 37.3. The minimum absolute atomic E-state index is 0.249. The Bertz CT molecular complexity index is 943. The molecule has 2 N–H and O–H groups in total. The second-order valence-electron chi connectivity index (χ2n) is 7.16. The van der Waals surface area contributed by atoms with Gasteiger partial charge in [0.25, 0.3) is 0 Å². The average molecular weight is 464 g/mol. The van der Waals surface area contributed by atoms with E-state index in [0.29, 0.717) is 32.7 Å². The number of hydrogen-bond donors (Lipinski definition) is 2. The SMILES string of the molecule is CCN(CC)S(=O)(=O)c1ccc(C(C)NC(=O)NCCCOc2ccc(OC)cc2)cc1. The Morgan fingerprint density at radius 3 is 2.16 bits per heavy atom. The predicted octanol–water partition coefficient (Wildman–Crippen LogP) is 3.56. The molecule has 176 valence electrons. The van der Waals surface area contributed by atoms with Crippen LogP contribution < -0.4 is 20.1 Å². The quantitative estimate of drug-likeness (QED) is 0.469. The Balaban J connectivity index is 1.76. The number of sulfonamides is 1. The van der Waals surface area contributed by atoms with Gasteiger partial charge < -0.3 is 20.1 Å². The number of amides is 2. The van der Waals surface area contributed by atoms with Gasteiger partial charge in [0.15, 0.2) is 0 Å². The molecule has 0 saturated heterocycles. The fourth-order valence-electron chi connectivity index (χ4n) is 3.11. The van der Waals surface area contributed by atoms with Crippen LogP contribution in [0.5, 0.6) is 11.5 Å². The van der Waals surface area contributed by atoms with Crippen molar-refractivity contribution in [3.05, 3.63) is 54.1 Å². The van der Waals surface area contributed by atoms with Crippen molar-refractivity contribution in [2.24, 2.45) is 0 Å². The van der Waals surface area contributed by atoms with Crippen LogP contribution in [0, 0.1) is 0 Å². The third-order valence-corrected chi connectivity index (χ3v) is 7.07. The number of carbonyl (C=O) groups excluding carboxylic acids is 1. The molecule has 0 saturated carbocycles. The van der Waals surface area contributed by atoms with Crippen molar-refractivity contribution >= 4 is 16.1 Å². The third kappa shape index (κ3) is 7.13. The molecule has 0 fully saturated rings. The molecule has 32 heavy (non-hydrogen) atoms. The maximum atomic E-state index is 12.6. The van der Waals surface area contributed by atoms with Crippen molar-refractivity contribution in [1.29, 1.82) is 0 Å². The fourth-order valence-corrected chi connectivity index (χ4v) is 4.57. The van der Waals surface area contributed by atoms with Gasteiger partial charge in [-0.15, -0.1) is 0 Å². The lowest BCUT2D eigenvalue weighted by atomic mass is 10.1. The summed E-state index contributed by atoms with van der Waals surface area (Å²) in [6, 6.07) is 13.4. The highest BCUT2D eigenvalue weighted by Crippen LogP contribution is 2.19. The van der Waals surface area contributed by atoms with Crippen LogP contribution in [0.3, 0.4) is 0 Å². The first-order chi connectivity index (χ1) is 15.3. The molecule has 0 bridgehead atoms. The molecule has 0 aromatic heterocycles. The second-order valence-corrected chi connectivity index (χ2v) is 9.10. The van der Waals surface area contributed by atoms with Crippen LogP contribution in [0.2, 0.25) is 0 Å². The zero-order valence-electron chi connectivity index (χ0n) is 19.1. The number of urea groups is 1. The van der Waals surface area contributed by atoms with E-state index in [-0.39, 0.29) is 17.0 Å². The smallest absolute Gasteiger partial charge is 0.315 e. The number of rotatable bonds is 12. The van der Waals surface area contributed by atoms with E-state index in [9.17, 15) is 13.2 Å². The normalized spacial score (nSPS) is 12.3. The lowest BCUT2D eigenvalue weighted by Crippen LogP contribution is -2.37. The van der Waals surface area contributed by atoms with Gasteiger partial charge in [-0.3, -0.25) is 0 Å². The van der Waals surface area contributed by atoms with Gasteiger partial charge in [-0.25, -0.2) is 13.2 Å². The van der Waals surface area contributed by atoms with Gasteiger partial charge in [0, 0.05) is 19.6 Å². The van der Waals surface area contributed by atoms with Crippen LogP contribution >= 0.6 is 0 Å². The molecule has 0 radical (unpaired) electrons. The van der Waals surface area contributed by atoms with Gasteiger partial charge >= 0.3 is 6.03 Å². The van der Waals surface area contributed by atoms with E-state index in [1.54, 1.807) is 31.4 Å². The second kappa shape index (κ2) is 12.3. The highest BCUT2D eigenvalue weighted by molar-refractivity contribution is 7.89. The molecule has 1 unspecified atom stereocenters. The molecule has 8 nitrogen and oxygen atoms in total. The molecular weight excluding hydrogens is 430 g/mol. The van der Waals surface area contributed by atoms with E-state index >= 15 is 0 Å². The molecular formula is C23H33N3O5S. The molecule has 2 rings (SSSR count). The van der Waals surface area contributed by atoms with Gasteiger partial charge in [-0.05, 0) is 55.3 Å². The van der Waals surface area contributed by atoms with Crippen molar-refractivity contribution < 1.29 is 22.7 Å². The minimum Gasteiger partial charge on any atom is -0.497 e. The van der Waals surface area contributed by atoms with E-state index in [1.165, 1.54) is 4.31 Å². The van der Waals surface area contributed by atoms with Gasteiger partial charge in [-0.1, -0.05) is 26.0 Å². The first kappa shape index (κ1) is 25.5. The van der Waals surface area contributed by atoms with Crippen LogP contribution in [0.4, 0.5) is 4.79 Å². The van der Waals surface area contributed by atoms with E-state index in [2.05, 4.69) is 10.6 Å². The number of nitrogens with zero attached hydrogens (tertiary/aromatic N) is 1. The maximum Gasteiger partial charge on any atom is 0.315 e. The Labute approximate surface area is 191 Å². The molecule has 0 spiro atoms. The molecule has 0 aliphatic rings. The topological polar surface area (TPSA) is 97.0 Å². The summed E-state index contributed by atoms with van der Waals surface area (Å²) >= 11 is 0. The highest BCUT2D eigenvalue weighted by Gasteiger charge is 2.21. The van der Waals surface area contributed by atoms with Gasteiger partial charge in [0.05, 0.1) is 24.7 Å². The van der Waals surface area contributed by atoms with Gasteiger partial charge in [-0.2, -0.15) is 4.31 Å². The van der Waals surface area contributed by atoms with E-state index in [4.69, 9.17) is 9.47 Å². The van der Waals surface area contributed by atoms with E-state index in [0.717, 1.165) is 17.1 Å². The number of benzene rings is 2. The molecule has 9 heteroatoms.